The van der Waals surface area contributed by atoms with Gasteiger partial charge in [0, 0.05) is 37.0 Å². The predicted molar refractivity (Wildman–Crippen MR) is 176 cm³/mol. The van der Waals surface area contributed by atoms with Gasteiger partial charge in [-0.3, -0.25) is 13.9 Å². The van der Waals surface area contributed by atoms with Crippen molar-refractivity contribution in [2.45, 2.75) is 63.6 Å². The quantitative estimate of drug-likeness (QED) is 0.221. The second-order valence-electron chi connectivity index (χ2n) is 11.1. The van der Waals surface area contributed by atoms with Crippen molar-refractivity contribution >= 4 is 50.7 Å². The number of hydrogen-bond donors (Lipinski definition) is 1. The first kappa shape index (κ1) is 33.6. The lowest BCUT2D eigenvalue weighted by Crippen LogP contribution is -2.52. The van der Waals surface area contributed by atoms with Crippen LogP contribution in [0.5, 0.6) is 5.75 Å². The van der Waals surface area contributed by atoms with Crippen LogP contribution in [0.25, 0.3) is 0 Å². The third-order valence-electron chi connectivity index (χ3n) is 7.85. The van der Waals surface area contributed by atoms with Gasteiger partial charge >= 0.3 is 0 Å². The number of benzene rings is 3. The molecule has 44 heavy (non-hydrogen) atoms. The van der Waals surface area contributed by atoms with E-state index in [0.717, 1.165) is 43.1 Å². The maximum Gasteiger partial charge on any atom is 0.243 e. The summed E-state index contributed by atoms with van der Waals surface area (Å²) in [5, 5.41) is 3.96. The van der Waals surface area contributed by atoms with E-state index in [1.165, 1.54) is 17.5 Å². The molecule has 3 aromatic rings. The van der Waals surface area contributed by atoms with Crippen LogP contribution in [-0.4, -0.2) is 57.1 Å². The monoisotopic (exact) mass is 659 g/mol. The molecule has 0 aromatic heterocycles. The van der Waals surface area contributed by atoms with Crippen LogP contribution in [0.1, 0.15) is 49.7 Å². The molecule has 0 heterocycles. The van der Waals surface area contributed by atoms with E-state index < -0.39 is 16.1 Å². The largest absolute Gasteiger partial charge is 0.495 e. The van der Waals surface area contributed by atoms with Gasteiger partial charge in [0.1, 0.15) is 11.8 Å². The van der Waals surface area contributed by atoms with Crippen molar-refractivity contribution < 1.29 is 22.7 Å². The molecule has 11 heteroatoms. The second-order valence-corrected chi connectivity index (χ2v) is 13.8. The highest BCUT2D eigenvalue weighted by atomic mass is 35.5. The van der Waals surface area contributed by atoms with Crippen molar-refractivity contribution in [3.8, 4) is 5.75 Å². The molecule has 0 radical (unpaired) electrons. The summed E-state index contributed by atoms with van der Waals surface area (Å²) in [6.07, 6.45) is 5.63. The Labute approximate surface area is 270 Å². The highest BCUT2D eigenvalue weighted by molar-refractivity contribution is 7.92. The van der Waals surface area contributed by atoms with Crippen LogP contribution in [0.2, 0.25) is 10.0 Å². The molecule has 1 saturated carbocycles. The molecule has 1 fully saturated rings. The smallest absolute Gasteiger partial charge is 0.243 e. The van der Waals surface area contributed by atoms with Gasteiger partial charge in [-0.05, 0) is 54.7 Å². The van der Waals surface area contributed by atoms with Crippen LogP contribution in [0.15, 0.2) is 72.8 Å². The SMILES string of the molecule is COc1ccc(N(CCCC(=O)N(Cc2ccccc2Cl)[C@H](Cc2ccccc2)C(=O)NC2CCCC2)S(C)(=O)=O)cc1Cl. The average molecular weight is 661 g/mol. The van der Waals surface area contributed by atoms with Gasteiger partial charge in [0.05, 0.1) is 24.1 Å². The Kier molecular flexibility index (Phi) is 11.9. The number of sulfonamides is 1. The molecule has 0 bridgehead atoms. The van der Waals surface area contributed by atoms with E-state index in [4.69, 9.17) is 27.9 Å². The lowest BCUT2D eigenvalue weighted by atomic mass is 10.0. The van der Waals surface area contributed by atoms with Gasteiger partial charge in [-0.25, -0.2) is 8.42 Å². The molecule has 3 aromatic carbocycles. The molecule has 1 aliphatic carbocycles. The molecule has 8 nitrogen and oxygen atoms in total. The molecular formula is C33H39Cl2N3O5S. The Morgan fingerprint density at radius 3 is 2.30 bits per heavy atom. The molecule has 1 aliphatic rings. The van der Waals surface area contributed by atoms with E-state index in [1.54, 1.807) is 23.1 Å². The summed E-state index contributed by atoms with van der Waals surface area (Å²) < 4.78 is 31.9. The van der Waals surface area contributed by atoms with E-state index in [2.05, 4.69) is 5.32 Å². The Morgan fingerprint density at radius 1 is 0.977 bits per heavy atom. The number of nitrogens with zero attached hydrogens (tertiary/aromatic N) is 2. The summed E-state index contributed by atoms with van der Waals surface area (Å²) in [6, 6.07) is 20.9. The maximum atomic E-state index is 14.0. The fraction of sp³-hybridized carbons (Fsp3) is 0.394. The standard InChI is InChI=1S/C33H39Cl2N3O5S/c1-43-31-19-18-27(22-29(31)35)38(44(2,41)42)20-10-17-32(39)37(23-25-13-6-9-16-28(25)34)30(21-24-11-4-3-5-12-24)33(40)36-26-14-7-8-15-26/h3-6,9,11-13,16,18-19,22,26,30H,7-8,10,14-15,17,20-21,23H2,1-2H3,(H,36,40)/t30-/m1/s1. The van der Waals surface area contributed by atoms with Crippen LogP contribution >= 0.6 is 23.2 Å². The van der Waals surface area contributed by atoms with Gasteiger partial charge in [0.15, 0.2) is 0 Å². The first-order chi connectivity index (χ1) is 21.1. The van der Waals surface area contributed by atoms with E-state index in [1.807, 2.05) is 48.5 Å². The normalized spacial score (nSPS) is 14.2. The van der Waals surface area contributed by atoms with E-state index >= 15 is 0 Å². The van der Waals surface area contributed by atoms with Gasteiger partial charge in [-0.1, -0.05) is 84.6 Å². The highest BCUT2D eigenvalue weighted by Gasteiger charge is 2.32. The molecule has 0 unspecified atom stereocenters. The number of halogens is 2. The van der Waals surface area contributed by atoms with Gasteiger partial charge in [0.25, 0.3) is 0 Å². The number of ether oxygens (including phenoxy) is 1. The third kappa shape index (κ3) is 9.13. The number of anilines is 1. The van der Waals surface area contributed by atoms with Gasteiger partial charge in [0.2, 0.25) is 21.8 Å². The number of methoxy groups -OCH3 is 1. The van der Waals surface area contributed by atoms with Crippen LogP contribution < -0.4 is 14.4 Å². The van der Waals surface area contributed by atoms with Crippen molar-refractivity contribution in [3.63, 3.8) is 0 Å². The number of amides is 2. The molecule has 4 rings (SSSR count). The minimum atomic E-state index is -3.68. The van der Waals surface area contributed by atoms with E-state index in [9.17, 15) is 18.0 Å². The maximum absolute atomic E-state index is 14.0. The molecule has 2 amide bonds. The Hall–Kier alpha value is -3.27. The average Bonchev–Trinajstić information content (AvgIpc) is 3.50. The Bertz CT molecular complexity index is 1530. The zero-order valence-corrected chi connectivity index (χ0v) is 27.4. The number of hydrogen-bond acceptors (Lipinski definition) is 5. The Balaban J connectivity index is 1.59. The second kappa shape index (κ2) is 15.6. The first-order valence-corrected chi connectivity index (χ1v) is 17.4. The molecule has 0 spiro atoms. The lowest BCUT2D eigenvalue weighted by Gasteiger charge is -2.33. The van der Waals surface area contributed by atoms with Crippen LogP contribution in [0.3, 0.4) is 0 Å². The molecule has 1 atom stereocenters. The minimum absolute atomic E-state index is 0.0162. The predicted octanol–water partition coefficient (Wildman–Crippen LogP) is 6.25. The fourth-order valence-electron chi connectivity index (χ4n) is 5.55. The first-order valence-electron chi connectivity index (χ1n) is 14.7. The summed E-state index contributed by atoms with van der Waals surface area (Å²) in [7, 11) is -2.20. The van der Waals surface area contributed by atoms with Gasteiger partial charge in [-0.2, -0.15) is 0 Å². The number of carbonyl (C=O) groups excluding carboxylic acids is 2. The number of carbonyl (C=O) groups is 2. The van der Waals surface area contributed by atoms with Crippen molar-refractivity contribution in [3.05, 3.63) is 94.0 Å². The van der Waals surface area contributed by atoms with Crippen LogP contribution in [-0.2, 0) is 32.6 Å². The molecule has 0 saturated heterocycles. The molecule has 0 aliphatic heterocycles. The number of rotatable bonds is 14. The van der Waals surface area contributed by atoms with Gasteiger partial charge in [-0.15, -0.1) is 0 Å². The zero-order valence-electron chi connectivity index (χ0n) is 25.0. The molecule has 1 N–H and O–H groups in total. The molecule has 236 valence electrons. The van der Waals surface area contributed by atoms with Crippen molar-refractivity contribution in [1.82, 2.24) is 10.2 Å². The zero-order chi connectivity index (χ0) is 31.7. The lowest BCUT2D eigenvalue weighted by molar-refractivity contribution is -0.141. The minimum Gasteiger partial charge on any atom is -0.495 e. The van der Waals surface area contributed by atoms with Crippen molar-refractivity contribution in [2.75, 3.05) is 24.2 Å². The van der Waals surface area contributed by atoms with Crippen LogP contribution in [0, 0.1) is 0 Å². The Morgan fingerprint density at radius 2 is 1.66 bits per heavy atom. The van der Waals surface area contributed by atoms with Crippen LogP contribution in [0.4, 0.5) is 5.69 Å². The van der Waals surface area contributed by atoms with Crippen molar-refractivity contribution in [2.24, 2.45) is 0 Å². The summed E-state index contributed by atoms with van der Waals surface area (Å²) in [6.45, 7) is 0.183. The van der Waals surface area contributed by atoms with E-state index in [-0.39, 0.29) is 48.8 Å². The summed E-state index contributed by atoms with van der Waals surface area (Å²) in [5.41, 5.74) is 2.02. The number of nitrogens with one attached hydrogen (secondary N) is 1. The summed E-state index contributed by atoms with van der Waals surface area (Å²) >= 11 is 12.8. The van der Waals surface area contributed by atoms with Gasteiger partial charge < -0.3 is 15.0 Å². The third-order valence-corrected chi connectivity index (χ3v) is 9.70. The summed E-state index contributed by atoms with van der Waals surface area (Å²) in [4.78, 5) is 29.5. The van der Waals surface area contributed by atoms with E-state index in [0.29, 0.717) is 22.9 Å². The topological polar surface area (TPSA) is 96.0 Å². The summed E-state index contributed by atoms with van der Waals surface area (Å²) in [5.74, 6) is -0.0463. The highest BCUT2D eigenvalue weighted by Crippen LogP contribution is 2.30. The molecular weight excluding hydrogens is 621 g/mol. The fourth-order valence-corrected chi connectivity index (χ4v) is 6.95. The van der Waals surface area contributed by atoms with Crippen molar-refractivity contribution in [1.29, 1.82) is 0 Å².